The minimum Gasteiger partial charge on any atom is -0.376 e. The second-order valence-corrected chi connectivity index (χ2v) is 8.28. The highest BCUT2D eigenvalue weighted by Crippen LogP contribution is 2.29. The van der Waals surface area contributed by atoms with Gasteiger partial charge >= 0.3 is 0 Å². The SMILES string of the molecule is O=c1cc(CSc2ncc(-c3ccccc3)n2CC2CCCO2)nc2ccccn12. The van der Waals surface area contributed by atoms with E-state index in [0.717, 1.165) is 48.1 Å². The van der Waals surface area contributed by atoms with E-state index in [-0.39, 0.29) is 11.7 Å². The Morgan fingerprint density at radius 1 is 1.13 bits per heavy atom. The van der Waals surface area contributed by atoms with Crippen molar-refractivity contribution < 1.29 is 4.74 Å². The molecule has 0 aliphatic carbocycles. The van der Waals surface area contributed by atoms with Gasteiger partial charge in [0.25, 0.3) is 5.56 Å². The van der Waals surface area contributed by atoms with Crippen LogP contribution in [0.4, 0.5) is 0 Å². The first-order valence-electron chi connectivity index (χ1n) is 10.1. The molecular formula is C23H22N4O2S. The van der Waals surface area contributed by atoms with E-state index in [1.807, 2.05) is 42.6 Å². The van der Waals surface area contributed by atoms with Gasteiger partial charge < -0.3 is 9.30 Å². The van der Waals surface area contributed by atoms with Crippen LogP contribution in [0.3, 0.4) is 0 Å². The molecule has 1 unspecified atom stereocenters. The number of hydrogen-bond acceptors (Lipinski definition) is 5. The van der Waals surface area contributed by atoms with Crippen molar-refractivity contribution in [1.29, 1.82) is 0 Å². The standard InChI is InChI=1S/C23H22N4O2S/c28-22-13-18(25-21-10-4-5-11-26(21)22)16-30-23-24-14-20(17-7-2-1-3-8-17)27(23)15-19-9-6-12-29-19/h1-5,7-8,10-11,13-14,19H,6,9,12,15-16H2. The van der Waals surface area contributed by atoms with Gasteiger partial charge in [0, 0.05) is 24.6 Å². The van der Waals surface area contributed by atoms with Crippen LogP contribution >= 0.6 is 11.8 Å². The van der Waals surface area contributed by atoms with Crippen molar-refractivity contribution in [2.45, 2.75) is 36.4 Å². The molecule has 1 saturated heterocycles. The van der Waals surface area contributed by atoms with Crippen molar-refractivity contribution in [1.82, 2.24) is 18.9 Å². The molecule has 3 aromatic heterocycles. The van der Waals surface area contributed by atoms with Gasteiger partial charge in [-0.1, -0.05) is 48.2 Å². The maximum atomic E-state index is 12.4. The predicted molar refractivity (Wildman–Crippen MR) is 118 cm³/mol. The molecule has 30 heavy (non-hydrogen) atoms. The lowest BCUT2D eigenvalue weighted by atomic mass is 10.1. The lowest BCUT2D eigenvalue weighted by Gasteiger charge is -2.16. The van der Waals surface area contributed by atoms with Crippen LogP contribution in [0.1, 0.15) is 18.5 Å². The van der Waals surface area contributed by atoms with E-state index >= 15 is 0 Å². The van der Waals surface area contributed by atoms with E-state index in [9.17, 15) is 4.79 Å². The molecule has 6 nitrogen and oxygen atoms in total. The fraction of sp³-hybridized carbons (Fsp3) is 0.261. The molecule has 1 atom stereocenters. The third-order valence-corrected chi connectivity index (χ3v) is 6.30. The minimum atomic E-state index is -0.0659. The summed E-state index contributed by atoms with van der Waals surface area (Å²) in [4.78, 5) is 21.7. The summed E-state index contributed by atoms with van der Waals surface area (Å²) in [5.41, 5.74) is 3.57. The molecule has 152 valence electrons. The number of thioether (sulfide) groups is 1. The number of fused-ring (bicyclic) bond motifs is 1. The van der Waals surface area contributed by atoms with Gasteiger partial charge in [0.1, 0.15) is 5.65 Å². The second-order valence-electron chi connectivity index (χ2n) is 7.34. The molecule has 0 radical (unpaired) electrons. The molecule has 1 aliphatic heterocycles. The highest BCUT2D eigenvalue weighted by Gasteiger charge is 2.21. The zero-order valence-electron chi connectivity index (χ0n) is 16.5. The Morgan fingerprint density at radius 3 is 2.83 bits per heavy atom. The summed E-state index contributed by atoms with van der Waals surface area (Å²) in [7, 11) is 0. The maximum absolute atomic E-state index is 12.4. The van der Waals surface area contributed by atoms with Crippen molar-refractivity contribution in [3.8, 4) is 11.3 Å². The van der Waals surface area contributed by atoms with Crippen LogP contribution in [0.25, 0.3) is 16.9 Å². The van der Waals surface area contributed by atoms with E-state index in [4.69, 9.17) is 9.72 Å². The van der Waals surface area contributed by atoms with E-state index in [1.54, 1.807) is 28.4 Å². The summed E-state index contributed by atoms with van der Waals surface area (Å²) in [6.45, 7) is 1.60. The molecular weight excluding hydrogens is 396 g/mol. The van der Waals surface area contributed by atoms with Crippen LogP contribution in [0, 0.1) is 0 Å². The quantitative estimate of drug-likeness (QED) is 0.443. The van der Waals surface area contributed by atoms with E-state index in [2.05, 4.69) is 21.7 Å². The van der Waals surface area contributed by atoms with Gasteiger partial charge in [0.15, 0.2) is 5.16 Å². The molecule has 1 fully saturated rings. The summed E-state index contributed by atoms with van der Waals surface area (Å²) in [6.07, 6.45) is 6.05. The van der Waals surface area contributed by atoms with Gasteiger partial charge in [-0.2, -0.15) is 0 Å². The first kappa shape index (κ1) is 19.1. The topological polar surface area (TPSA) is 61.4 Å². The number of rotatable bonds is 6. The minimum absolute atomic E-state index is 0.0659. The molecule has 0 amide bonds. The van der Waals surface area contributed by atoms with Crippen molar-refractivity contribution in [3.63, 3.8) is 0 Å². The van der Waals surface area contributed by atoms with Gasteiger partial charge in [-0.3, -0.25) is 9.20 Å². The molecule has 1 aliphatic rings. The molecule has 0 bridgehead atoms. The third kappa shape index (κ3) is 3.91. The molecule has 4 aromatic rings. The molecule has 0 spiro atoms. The number of nitrogens with zero attached hydrogens (tertiary/aromatic N) is 4. The lowest BCUT2D eigenvalue weighted by Crippen LogP contribution is -2.17. The average Bonchev–Trinajstić information content (AvgIpc) is 3.43. The Morgan fingerprint density at radius 2 is 2.00 bits per heavy atom. The van der Waals surface area contributed by atoms with Crippen LogP contribution in [-0.2, 0) is 17.0 Å². The van der Waals surface area contributed by atoms with Gasteiger partial charge in [-0.15, -0.1) is 0 Å². The Kier molecular flexibility index (Phi) is 5.38. The highest BCUT2D eigenvalue weighted by atomic mass is 32.2. The Balaban J connectivity index is 1.44. The molecule has 4 heterocycles. The van der Waals surface area contributed by atoms with Crippen molar-refractivity contribution in [2.75, 3.05) is 6.61 Å². The fourth-order valence-corrected chi connectivity index (χ4v) is 4.68. The molecule has 0 N–H and O–H groups in total. The number of benzene rings is 1. The van der Waals surface area contributed by atoms with E-state index in [1.165, 1.54) is 0 Å². The first-order valence-corrected chi connectivity index (χ1v) is 11.1. The summed E-state index contributed by atoms with van der Waals surface area (Å²) in [5, 5.41) is 0.916. The zero-order chi connectivity index (χ0) is 20.3. The number of ether oxygens (including phenoxy) is 1. The fourth-order valence-electron chi connectivity index (χ4n) is 3.80. The van der Waals surface area contributed by atoms with Crippen LogP contribution < -0.4 is 5.56 Å². The summed E-state index contributed by atoms with van der Waals surface area (Å²) in [6, 6.07) is 17.5. The van der Waals surface area contributed by atoms with E-state index in [0.29, 0.717) is 11.4 Å². The Labute approximate surface area is 178 Å². The lowest BCUT2D eigenvalue weighted by molar-refractivity contribution is 0.0954. The monoisotopic (exact) mass is 418 g/mol. The Bertz CT molecular complexity index is 1210. The van der Waals surface area contributed by atoms with Gasteiger partial charge in [-0.05, 0) is 30.5 Å². The van der Waals surface area contributed by atoms with E-state index < -0.39 is 0 Å². The summed E-state index contributed by atoms with van der Waals surface area (Å²) < 4.78 is 9.68. The van der Waals surface area contributed by atoms with Gasteiger partial charge in [0.05, 0.1) is 30.2 Å². The van der Waals surface area contributed by atoms with Gasteiger partial charge in [0.2, 0.25) is 0 Å². The number of aromatic nitrogens is 4. The maximum Gasteiger partial charge on any atom is 0.258 e. The van der Waals surface area contributed by atoms with Crippen LogP contribution in [-0.4, -0.2) is 31.6 Å². The van der Waals surface area contributed by atoms with Gasteiger partial charge in [-0.25, -0.2) is 9.97 Å². The largest absolute Gasteiger partial charge is 0.376 e. The van der Waals surface area contributed by atoms with Crippen molar-refractivity contribution in [2.24, 2.45) is 0 Å². The average molecular weight is 419 g/mol. The highest BCUT2D eigenvalue weighted by molar-refractivity contribution is 7.98. The smallest absolute Gasteiger partial charge is 0.258 e. The normalized spacial score (nSPS) is 16.3. The summed E-state index contributed by atoms with van der Waals surface area (Å²) >= 11 is 1.60. The number of pyridine rings is 1. The second kappa shape index (κ2) is 8.45. The zero-order valence-corrected chi connectivity index (χ0v) is 17.3. The van der Waals surface area contributed by atoms with Crippen LogP contribution in [0.5, 0.6) is 0 Å². The number of hydrogen-bond donors (Lipinski definition) is 0. The molecule has 5 rings (SSSR count). The van der Waals surface area contributed by atoms with Crippen molar-refractivity contribution >= 4 is 17.4 Å². The summed E-state index contributed by atoms with van der Waals surface area (Å²) in [5.74, 6) is 0.581. The first-order chi connectivity index (χ1) is 14.8. The molecule has 7 heteroatoms. The third-order valence-electron chi connectivity index (χ3n) is 5.27. The predicted octanol–water partition coefficient (Wildman–Crippen LogP) is 4.03. The van der Waals surface area contributed by atoms with Crippen LogP contribution in [0.2, 0.25) is 0 Å². The molecule has 0 saturated carbocycles. The van der Waals surface area contributed by atoms with Crippen LogP contribution in [0.15, 0.2) is 76.9 Å². The number of imidazole rings is 1. The molecule has 1 aromatic carbocycles. The van der Waals surface area contributed by atoms with Crippen molar-refractivity contribution in [3.05, 3.63) is 83.0 Å². The Hall–Kier alpha value is -2.90.